The molecule has 5 heteroatoms. The van der Waals surface area contributed by atoms with Crippen LogP contribution in [0.1, 0.15) is 33.1 Å². The van der Waals surface area contributed by atoms with Crippen LogP contribution in [0.3, 0.4) is 0 Å². The monoisotopic (exact) mass is 271 g/mol. The number of carbonyl (C=O) groups excluding carboxylic acids is 1. The van der Waals surface area contributed by atoms with Crippen molar-refractivity contribution < 1.29 is 72.9 Å². The number of carbonyl (C=O) groups is 2. The van der Waals surface area contributed by atoms with Gasteiger partial charge in [-0.2, -0.15) is 13.3 Å². The van der Waals surface area contributed by atoms with Gasteiger partial charge in [0.25, 0.3) is 0 Å². The van der Waals surface area contributed by atoms with E-state index in [1.807, 2.05) is 13.8 Å². The molecule has 14 heavy (non-hydrogen) atoms. The Kier molecular flexibility index (Phi) is 12.6. The van der Waals surface area contributed by atoms with Crippen LogP contribution >= 0.6 is 0 Å². The normalized spacial score (nSPS) is 9.36. The summed E-state index contributed by atoms with van der Waals surface area (Å²) in [4.78, 5) is 21.2. The number of aliphatic carboxylic acids is 1. The van der Waals surface area contributed by atoms with Crippen LogP contribution in [-0.4, -0.2) is 23.5 Å². The van der Waals surface area contributed by atoms with Gasteiger partial charge in [0.05, 0.1) is 6.42 Å². The van der Waals surface area contributed by atoms with Crippen molar-refractivity contribution in [3.05, 3.63) is 5.92 Å². The molecule has 0 rings (SSSR count). The van der Waals surface area contributed by atoms with Gasteiger partial charge in [-0.1, -0.05) is 13.3 Å². The van der Waals surface area contributed by atoms with Crippen molar-refractivity contribution >= 4 is 11.9 Å². The molecule has 0 aliphatic heterocycles. The van der Waals surface area contributed by atoms with Crippen LogP contribution in [0.5, 0.6) is 0 Å². The molecule has 0 aromatic rings. The number of hydrogen-bond acceptors (Lipinski definition) is 2. The molecule has 0 spiro atoms. The first kappa shape index (κ1) is 17.1. The Balaban J connectivity index is 0. The molecule has 0 aromatic heterocycles. The second kappa shape index (κ2) is 10.3. The first-order valence-electron chi connectivity index (χ1n) is 4.36. The second-order valence-electron chi connectivity index (χ2n) is 2.98. The Morgan fingerprint density at radius 3 is 2.43 bits per heavy atom. The van der Waals surface area contributed by atoms with Gasteiger partial charge in [0.2, 0.25) is 0 Å². The van der Waals surface area contributed by atoms with E-state index in [2.05, 4.69) is 5.32 Å². The summed E-state index contributed by atoms with van der Waals surface area (Å²) in [5.74, 6) is 0.116. The summed E-state index contributed by atoms with van der Waals surface area (Å²) in [7, 11) is 0. The molecule has 0 heterocycles. The summed E-state index contributed by atoms with van der Waals surface area (Å²) in [6.45, 7) is 4.11. The quantitative estimate of drug-likeness (QED) is 0.548. The Bertz CT molecular complexity index is 185. The topological polar surface area (TPSA) is 66.4 Å². The van der Waals surface area contributed by atoms with Crippen molar-refractivity contribution in [2.75, 3.05) is 6.54 Å². The van der Waals surface area contributed by atoms with Crippen molar-refractivity contribution in [2.45, 2.75) is 33.1 Å². The third kappa shape index (κ3) is 10.8. The summed E-state index contributed by atoms with van der Waals surface area (Å²) < 4.78 is 0. The van der Waals surface area contributed by atoms with E-state index >= 15 is 0 Å². The van der Waals surface area contributed by atoms with Gasteiger partial charge >= 0.3 is 64.2 Å². The van der Waals surface area contributed by atoms with E-state index in [0.717, 1.165) is 12.3 Å². The van der Waals surface area contributed by atoms with E-state index in [1.165, 1.54) is 0 Å². The van der Waals surface area contributed by atoms with Crippen molar-refractivity contribution in [3.63, 3.8) is 0 Å². The molecule has 4 nitrogen and oxygen atoms in total. The van der Waals surface area contributed by atoms with Crippen LogP contribution in [0.15, 0.2) is 0 Å². The van der Waals surface area contributed by atoms with Crippen molar-refractivity contribution in [3.8, 4) is 0 Å². The fraction of sp³-hybridized carbons (Fsp3) is 0.667. The molecule has 76 valence electrons. The van der Waals surface area contributed by atoms with Crippen LogP contribution in [-0.2, 0) is 9.59 Å². The maximum absolute atomic E-state index is 11.1. The average Bonchev–Trinajstić information content (AvgIpc) is 2.03. The summed E-state index contributed by atoms with van der Waals surface area (Å²) >= 11 is 0. The number of amides is 1. The van der Waals surface area contributed by atoms with E-state index < -0.39 is 5.97 Å². The molecule has 0 saturated heterocycles. The fourth-order valence-electron chi connectivity index (χ4n) is 0.770. The molecular formula is C9H16NO3Rb. The molecule has 0 atom stereocenters. The fourth-order valence-corrected chi connectivity index (χ4v) is 0.770. The number of carboxylic acids is 1. The third-order valence-corrected chi connectivity index (χ3v) is 1.73. The van der Waals surface area contributed by atoms with Crippen LogP contribution in [0.4, 0.5) is 0 Å². The zero-order valence-corrected chi connectivity index (χ0v) is 14.0. The predicted molar refractivity (Wildman–Crippen MR) is 49.1 cm³/mol. The smallest absolute Gasteiger partial charge is 0.481 e. The molecule has 0 saturated carbocycles. The zero-order chi connectivity index (χ0) is 10.3. The van der Waals surface area contributed by atoms with E-state index in [-0.39, 0.29) is 77.1 Å². The van der Waals surface area contributed by atoms with Crippen LogP contribution in [0.25, 0.3) is 0 Å². The zero-order valence-electron chi connectivity index (χ0n) is 9.09. The summed E-state index contributed by atoms with van der Waals surface area (Å²) in [6.07, 6.45) is 1.26. The van der Waals surface area contributed by atoms with Crippen LogP contribution in [0, 0.1) is 5.92 Å². The first-order chi connectivity index (χ1) is 6.06. The number of carboxylic acid groups (broad SMARTS) is 1. The SMILES string of the molecule is CC[C-](C)CC(=O)NCCC(=O)O.[Rb+]. The molecule has 0 fully saturated rings. The van der Waals surface area contributed by atoms with Gasteiger partial charge in [-0.15, -0.1) is 0 Å². The van der Waals surface area contributed by atoms with Gasteiger partial charge in [0.1, 0.15) is 0 Å². The molecule has 0 unspecified atom stereocenters. The maximum atomic E-state index is 11.1. The number of nitrogens with one attached hydrogen (secondary N) is 1. The maximum Gasteiger partial charge on any atom is 1.00 e. The predicted octanol–water partition coefficient (Wildman–Crippen LogP) is -2.02. The first-order valence-corrected chi connectivity index (χ1v) is 4.36. The third-order valence-electron chi connectivity index (χ3n) is 1.73. The Morgan fingerprint density at radius 2 is 2.00 bits per heavy atom. The molecule has 0 bridgehead atoms. The number of hydrogen-bond donors (Lipinski definition) is 2. The Hall–Kier alpha value is 0.745. The molecule has 1 amide bonds. The average molecular weight is 272 g/mol. The summed E-state index contributed by atoms with van der Waals surface area (Å²) in [5, 5.41) is 10.8. The molecular weight excluding hydrogens is 256 g/mol. The van der Waals surface area contributed by atoms with Gasteiger partial charge in [0.15, 0.2) is 5.91 Å². The van der Waals surface area contributed by atoms with Gasteiger partial charge in [-0.3, -0.25) is 9.59 Å². The summed E-state index contributed by atoms with van der Waals surface area (Å²) in [6, 6.07) is 0. The minimum atomic E-state index is -0.892. The van der Waals surface area contributed by atoms with E-state index in [4.69, 9.17) is 5.11 Å². The molecule has 2 N–H and O–H groups in total. The molecule has 0 aromatic carbocycles. The van der Waals surface area contributed by atoms with Crippen LogP contribution in [0.2, 0.25) is 0 Å². The molecule has 0 radical (unpaired) electrons. The van der Waals surface area contributed by atoms with Gasteiger partial charge < -0.3 is 16.3 Å². The van der Waals surface area contributed by atoms with Gasteiger partial charge in [-0.25, -0.2) is 0 Å². The summed E-state index contributed by atoms with van der Waals surface area (Å²) in [5.41, 5.74) is 0. The Morgan fingerprint density at radius 1 is 1.43 bits per heavy atom. The van der Waals surface area contributed by atoms with E-state index in [9.17, 15) is 9.59 Å². The standard InChI is InChI=1S/C9H16NO3.Rb/c1-3-7(2)6-8(11)10-5-4-9(12)13;/h3-6H2,1-2H3,(H,10,11)(H,12,13);/q-1;+1. The van der Waals surface area contributed by atoms with Crippen molar-refractivity contribution in [2.24, 2.45) is 0 Å². The molecule has 0 aliphatic rings. The second-order valence-corrected chi connectivity index (χ2v) is 2.98. The minimum Gasteiger partial charge on any atom is -0.481 e. The van der Waals surface area contributed by atoms with E-state index in [0.29, 0.717) is 6.42 Å². The van der Waals surface area contributed by atoms with Gasteiger partial charge in [0, 0.05) is 6.54 Å². The van der Waals surface area contributed by atoms with Crippen molar-refractivity contribution in [1.29, 1.82) is 0 Å². The Labute approximate surface area is 134 Å². The van der Waals surface area contributed by atoms with E-state index in [1.54, 1.807) is 0 Å². The largest absolute Gasteiger partial charge is 1.00 e. The van der Waals surface area contributed by atoms with Crippen LogP contribution < -0.4 is 63.5 Å². The van der Waals surface area contributed by atoms with Crippen molar-refractivity contribution in [1.82, 2.24) is 5.32 Å². The van der Waals surface area contributed by atoms with Gasteiger partial charge in [-0.05, 0) is 0 Å². The number of rotatable bonds is 6. The molecule has 0 aliphatic carbocycles. The minimum absolute atomic E-state index is 0.